The third-order valence-corrected chi connectivity index (χ3v) is 6.54. The maximum atomic E-state index is 11.8. The van der Waals surface area contributed by atoms with Gasteiger partial charge in [0, 0.05) is 12.6 Å². The first-order valence-corrected chi connectivity index (χ1v) is 11.0. The molecule has 0 bridgehead atoms. The summed E-state index contributed by atoms with van der Waals surface area (Å²) in [6.07, 6.45) is 6.03. The van der Waals surface area contributed by atoms with Crippen molar-refractivity contribution in [1.82, 2.24) is 4.90 Å². The third-order valence-electron chi connectivity index (χ3n) is 5.80. The van der Waals surface area contributed by atoms with Crippen LogP contribution >= 0.6 is 23.2 Å². The van der Waals surface area contributed by atoms with Crippen molar-refractivity contribution >= 4 is 36.3 Å². The molecule has 1 fully saturated rings. The Morgan fingerprint density at radius 2 is 1.97 bits per heavy atom. The van der Waals surface area contributed by atoms with E-state index in [9.17, 15) is 9.90 Å². The number of aliphatic carboxylic acids is 1. The van der Waals surface area contributed by atoms with Gasteiger partial charge in [0.1, 0.15) is 5.54 Å². The van der Waals surface area contributed by atoms with Gasteiger partial charge in [-0.15, -0.1) is 0 Å². The van der Waals surface area contributed by atoms with Gasteiger partial charge in [-0.05, 0) is 62.7 Å². The van der Waals surface area contributed by atoms with Crippen molar-refractivity contribution in [2.45, 2.75) is 75.8 Å². The summed E-state index contributed by atoms with van der Waals surface area (Å²) >= 11 is 12.1. The van der Waals surface area contributed by atoms with E-state index in [4.69, 9.17) is 39.0 Å². The van der Waals surface area contributed by atoms with E-state index in [0.29, 0.717) is 42.1 Å². The fourth-order valence-electron chi connectivity index (χ4n) is 4.00. The van der Waals surface area contributed by atoms with Gasteiger partial charge >= 0.3 is 13.1 Å². The first kappa shape index (κ1) is 24.4. The Morgan fingerprint density at radius 3 is 2.62 bits per heavy atom. The van der Waals surface area contributed by atoms with Crippen molar-refractivity contribution in [3.05, 3.63) is 33.8 Å². The van der Waals surface area contributed by atoms with Crippen molar-refractivity contribution < 1.29 is 19.9 Å². The van der Waals surface area contributed by atoms with Crippen LogP contribution in [0.25, 0.3) is 0 Å². The van der Waals surface area contributed by atoms with Gasteiger partial charge in [-0.1, -0.05) is 48.5 Å². The number of halogens is 2. The minimum atomic E-state index is -1.36. The normalized spacial score (nSPS) is 19.7. The van der Waals surface area contributed by atoms with E-state index in [-0.39, 0.29) is 12.4 Å². The van der Waals surface area contributed by atoms with Crippen LogP contribution in [0.3, 0.4) is 0 Å². The first-order chi connectivity index (χ1) is 13.7. The summed E-state index contributed by atoms with van der Waals surface area (Å²) in [5.41, 5.74) is 6.04. The first-order valence-electron chi connectivity index (χ1n) is 10.3. The van der Waals surface area contributed by atoms with E-state index in [1.165, 1.54) is 0 Å². The summed E-state index contributed by atoms with van der Waals surface area (Å²) in [4.78, 5) is 14.2. The average molecular weight is 445 g/mol. The lowest BCUT2D eigenvalue weighted by atomic mass is 9.80. The SMILES string of the molecule is NC(CCCCB(O)O)(CCC1CCCCN1Cc1ccc(Cl)c(Cl)c1)C(=O)O. The lowest BCUT2D eigenvalue weighted by Gasteiger charge is -2.37. The van der Waals surface area contributed by atoms with Crippen molar-refractivity contribution in [3.63, 3.8) is 0 Å². The number of likely N-dealkylation sites (tertiary alicyclic amines) is 1. The highest BCUT2D eigenvalue weighted by atomic mass is 35.5. The van der Waals surface area contributed by atoms with E-state index in [1.807, 2.05) is 12.1 Å². The molecule has 0 aliphatic carbocycles. The number of piperidine rings is 1. The summed E-state index contributed by atoms with van der Waals surface area (Å²) < 4.78 is 0. The van der Waals surface area contributed by atoms with Gasteiger partial charge in [0.25, 0.3) is 0 Å². The zero-order chi connectivity index (χ0) is 21.4. The summed E-state index contributed by atoms with van der Waals surface area (Å²) in [5, 5.41) is 28.6. The standard InChI is InChI=1S/C20H31BCl2N2O4/c22-17-7-6-15(13-18(17)23)14-25-12-4-1-5-16(25)8-10-20(24,19(26)27)9-2-3-11-21(28)29/h6-7,13,16,28-29H,1-5,8-12,14,24H2,(H,26,27). The van der Waals surface area contributed by atoms with Crippen molar-refractivity contribution in [2.24, 2.45) is 5.73 Å². The van der Waals surface area contributed by atoms with Gasteiger partial charge in [-0.25, -0.2) is 0 Å². The minimum Gasteiger partial charge on any atom is -0.480 e. The molecule has 1 aromatic carbocycles. The minimum absolute atomic E-state index is 0.232. The Labute approximate surface area is 183 Å². The summed E-state index contributed by atoms with van der Waals surface area (Å²) in [5.74, 6) is -0.992. The molecule has 2 unspecified atom stereocenters. The second-order valence-electron chi connectivity index (χ2n) is 8.09. The number of unbranched alkanes of at least 4 members (excludes halogenated alkanes) is 1. The molecule has 6 nitrogen and oxygen atoms in total. The van der Waals surface area contributed by atoms with E-state index in [1.54, 1.807) is 6.07 Å². The molecular weight excluding hydrogens is 414 g/mol. The number of hydrogen-bond acceptors (Lipinski definition) is 5. The highest BCUT2D eigenvalue weighted by Crippen LogP contribution is 2.29. The van der Waals surface area contributed by atoms with Crippen molar-refractivity contribution in [1.29, 1.82) is 0 Å². The molecule has 1 aliphatic heterocycles. The summed E-state index contributed by atoms with van der Waals surface area (Å²) in [6.45, 7) is 1.71. The Bertz CT molecular complexity index is 680. The lowest BCUT2D eigenvalue weighted by Crippen LogP contribution is -2.49. The van der Waals surface area contributed by atoms with Gasteiger partial charge in [-0.2, -0.15) is 0 Å². The van der Waals surface area contributed by atoms with Gasteiger partial charge in [0.15, 0.2) is 0 Å². The molecule has 1 saturated heterocycles. The number of benzene rings is 1. The van der Waals surface area contributed by atoms with Crippen molar-refractivity contribution in [2.75, 3.05) is 6.54 Å². The number of carboxylic acids is 1. The Morgan fingerprint density at radius 1 is 1.21 bits per heavy atom. The highest BCUT2D eigenvalue weighted by molar-refractivity contribution is 6.42. The zero-order valence-electron chi connectivity index (χ0n) is 16.7. The van der Waals surface area contributed by atoms with Crippen LogP contribution in [0, 0.1) is 0 Å². The number of nitrogens with zero attached hydrogens (tertiary/aromatic N) is 1. The number of carbonyl (C=O) groups is 1. The van der Waals surface area contributed by atoms with Crippen LogP contribution in [0.4, 0.5) is 0 Å². The zero-order valence-corrected chi connectivity index (χ0v) is 18.2. The number of carboxylic acid groups (broad SMARTS) is 1. The molecule has 1 aliphatic rings. The Kier molecular flexibility index (Phi) is 9.72. The molecule has 2 atom stereocenters. The lowest BCUT2D eigenvalue weighted by molar-refractivity contribution is -0.144. The molecule has 1 heterocycles. The second kappa shape index (κ2) is 11.5. The molecule has 2 rings (SSSR count). The van der Waals surface area contributed by atoms with Gasteiger partial charge in [-0.3, -0.25) is 9.69 Å². The fraction of sp³-hybridized carbons (Fsp3) is 0.650. The molecule has 0 amide bonds. The van der Waals surface area contributed by atoms with Crippen LogP contribution < -0.4 is 5.73 Å². The molecule has 29 heavy (non-hydrogen) atoms. The molecule has 1 aromatic rings. The van der Waals surface area contributed by atoms with Crippen LogP contribution in [0.1, 0.15) is 56.9 Å². The average Bonchev–Trinajstić information content (AvgIpc) is 2.67. The van der Waals surface area contributed by atoms with Crippen LogP contribution in [-0.2, 0) is 11.3 Å². The number of nitrogens with two attached hydrogens (primary N) is 1. The Hall–Kier alpha value is -0.825. The maximum Gasteiger partial charge on any atom is 0.451 e. The molecule has 162 valence electrons. The quantitative estimate of drug-likeness (QED) is 0.307. The van der Waals surface area contributed by atoms with Gasteiger partial charge < -0.3 is 20.9 Å². The number of rotatable bonds is 11. The van der Waals surface area contributed by atoms with Crippen LogP contribution in [0.5, 0.6) is 0 Å². The second-order valence-corrected chi connectivity index (χ2v) is 8.91. The molecule has 5 N–H and O–H groups in total. The van der Waals surface area contributed by atoms with Crippen LogP contribution in [-0.4, -0.2) is 51.3 Å². The molecule has 0 spiro atoms. The van der Waals surface area contributed by atoms with Crippen molar-refractivity contribution in [3.8, 4) is 0 Å². The predicted octanol–water partition coefficient (Wildman–Crippen LogP) is 3.55. The smallest absolute Gasteiger partial charge is 0.451 e. The van der Waals surface area contributed by atoms with Crippen LogP contribution in [0.2, 0.25) is 16.4 Å². The van der Waals surface area contributed by atoms with E-state index in [2.05, 4.69) is 4.90 Å². The molecule has 0 saturated carbocycles. The van der Waals surface area contributed by atoms with E-state index >= 15 is 0 Å². The monoisotopic (exact) mass is 444 g/mol. The van der Waals surface area contributed by atoms with E-state index in [0.717, 1.165) is 37.9 Å². The van der Waals surface area contributed by atoms with E-state index < -0.39 is 18.6 Å². The number of hydrogen-bond donors (Lipinski definition) is 4. The van der Waals surface area contributed by atoms with Gasteiger partial charge in [0.2, 0.25) is 0 Å². The largest absolute Gasteiger partial charge is 0.480 e. The molecule has 9 heteroatoms. The van der Waals surface area contributed by atoms with Crippen LogP contribution in [0.15, 0.2) is 18.2 Å². The van der Waals surface area contributed by atoms with Gasteiger partial charge in [0.05, 0.1) is 10.0 Å². The fourth-order valence-corrected chi connectivity index (χ4v) is 4.32. The summed E-state index contributed by atoms with van der Waals surface area (Å²) in [6, 6.07) is 5.94. The Balaban J connectivity index is 1.94. The topological polar surface area (TPSA) is 107 Å². The third kappa shape index (κ3) is 7.74. The predicted molar refractivity (Wildman–Crippen MR) is 117 cm³/mol. The molecule has 0 aromatic heterocycles. The summed E-state index contributed by atoms with van der Waals surface area (Å²) in [7, 11) is -1.36. The highest BCUT2D eigenvalue weighted by Gasteiger charge is 2.35. The maximum absolute atomic E-state index is 11.8. The molecular formula is C20H31BCl2N2O4. The molecule has 0 radical (unpaired) electrons.